The SMILES string of the molecule is CC(=O)c1cccc(NC(=O)[C@@H](Sc2nnc(C3CCCCC3)n2N)c2ccccc2)c1. The molecule has 1 atom stereocenters. The fraction of sp³-hybridized carbons (Fsp3) is 0.333. The largest absolute Gasteiger partial charge is 0.336 e. The Hall–Kier alpha value is -3.13. The average Bonchev–Trinajstić information content (AvgIpc) is 3.18. The van der Waals surface area contributed by atoms with Crippen molar-refractivity contribution in [3.05, 3.63) is 71.5 Å². The third-order valence-electron chi connectivity index (χ3n) is 5.76. The predicted molar refractivity (Wildman–Crippen MR) is 126 cm³/mol. The normalized spacial score (nSPS) is 15.3. The van der Waals surface area contributed by atoms with Gasteiger partial charge in [-0.15, -0.1) is 10.2 Å². The molecular weight excluding hydrogens is 422 g/mol. The smallest absolute Gasteiger partial charge is 0.242 e. The zero-order valence-corrected chi connectivity index (χ0v) is 18.8. The second-order valence-electron chi connectivity index (χ2n) is 8.08. The van der Waals surface area contributed by atoms with E-state index in [1.165, 1.54) is 37.9 Å². The first kappa shape index (κ1) is 22.1. The first-order chi connectivity index (χ1) is 15.5. The standard InChI is InChI=1S/C24H27N5O2S/c1-16(30)19-13-8-14-20(15-19)26-23(31)21(17-9-4-2-5-10-17)32-24-28-27-22(29(24)25)18-11-6-3-7-12-18/h2,4-5,8-10,13-15,18,21H,3,6-7,11-12,25H2,1H3,(H,26,31)/t21-/m0/s1. The summed E-state index contributed by atoms with van der Waals surface area (Å²) in [5.41, 5.74) is 1.95. The number of nitrogens with one attached hydrogen (secondary N) is 1. The van der Waals surface area contributed by atoms with Crippen molar-refractivity contribution in [1.29, 1.82) is 0 Å². The zero-order chi connectivity index (χ0) is 22.5. The number of carbonyl (C=O) groups is 2. The monoisotopic (exact) mass is 449 g/mol. The van der Waals surface area contributed by atoms with E-state index in [4.69, 9.17) is 5.84 Å². The summed E-state index contributed by atoms with van der Waals surface area (Å²) in [5.74, 6) is 7.20. The molecule has 0 saturated heterocycles. The van der Waals surface area contributed by atoms with Crippen molar-refractivity contribution in [2.75, 3.05) is 11.2 Å². The van der Waals surface area contributed by atoms with Gasteiger partial charge in [-0.3, -0.25) is 9.59 Å². The number of hydrogen-bond donors (Lipinski definition) is 2. The Morgan fingerprint density at radius 2 is 1.81 bits per heavy atom. The molecule has 2 aromatic carbocycles. The van der Waals surface area contributed by atoms with Crippen LogP contribution in [0.5, 0.6) is 0 Å². The fourth-order valence-electron chi connectivity index (χ4n) is 4.04. The van der Waals surface area contributed by atoms with E-state index in [2.05, 4.69) is 15.5 Å². The summed E-state index contributed by atoms with van der Waals surface area (Å²) in [6.07, 6.45) is 5.73. The van der Waals surface area contributed by atoms with Crippen LogP contribution in [-0.2, 0) is 4.79 Å². The van der Waals surface area contributed by atoms with Crippen LogP contribution in [0.25, 0.3) is 0 Å². The zero-order valence-electron chi connectivity index (χ0n) is 18.0. The van der Waals surface area contributed by atoms with Crippen LogP contribution in [0.1, 0.15) is 71.9 Å². The van der Waals surface area contributed by atoms with E-state index in [-0.39, 0.29) is 11.7 Å². The molecule has 32 heavy (non-hydrogen) atoms. The van der Waals surface area contributed by atoms with Gasteiger partial charge in [0.25, 0.3) is 0 Å². The van der Waals surface area contributed by atoms with E-state index >= 15 is 0 Å². The second-order valence-corrected chi connectivity index (χ2v) is 9.15. The van der Waals surface area contributed by atoms with Crippen molar-refractivity contribution in [2.45, 2.75) is 55.4 Å². The summed E-state index contributed by atoms with van der Waals surface area (Å²) in [7, 11) is 0. The Morgan fingerprint density at radius 3 is 2.53 bits per heavy atom. The summed E-state index contributed by atoms with van der Waals surface area (Å²) >= 11 is 1.28. The number of aromatic nitrogens is 3. The number of nitrogens with two attached hydrogens (primary N) is 1. The summed E-state index contributed by atoms with van der Waals surface area (Å²) in [5, 5.41) is 11.5. The summed E-state index contributed by atoms with van der Waals surface area (Å²) in [6, 6.07) is 16.4. The number of nitrogen functional groups attached to an aromatic ring is 1. The number of rotatable bonds is 7. The molecule has 1 amide bonds. The van der Waals surface area contributed by atoms with Crippen LogP contribution in [0.2, 0.25) is 0 Å². The summed E-state index contributed by atoms with van der Waals surface area (Å²) < 4.78 is 1.54. The van der Waals surface area contributed by atoms with Gasteiger partial charge in [-0.05, 0) is 37.5 Å². The Balaban J connectivity index is 1.58. The molecule has 1 heterocycles. The van der Waals surface area contributed by atoms with Crippen molar-refractivity contribution >= 4 is 29.1 Å². The van der Waals surface area contributed by atoms with Gasteiger partial charge >= 0.3 is 0 Å². The van der Waals surface area contributed by atoms with E-state index in [0.29, 0.717) is 22.3 Å². The molecule has 1 aliphatic rings. The van der Waals surface area contributed by atoms with Gasteiger partial charge in [0.05, 0.1) is 0 Å². The van der Waals surface area contributed by atoms with Crippen molar-refractivity contribution in [1.82, 2.24) is 14.9 Å². The van der Waals surface area contributed by atoms with Crippen LogP contribution in [-0.4, -0.2) is 26.6 Å². The van der Waals surface area contributed by atoms with Gasteiger partial charge in [0.1, 0.15) is 5.25 Å². The van der Waals surface area contributed by atoms with Gasteiger partial charge in [0.2, 0.25) is 11.1 Å². The van der Waals surface area contributed by atoms with Gasteiger partial charge in [-0.1, -0.05) is 73.5 Å². The van der Waals surface area contributed by atoms with Crippen molar-refractivity contribution < 1.29 is 9.59 Å². The molecule has 3 aromatic rings. The molecule has 166 valence electrons. The second kappa shape index (κ2) is 9.99. The Kier molecular flexibility index (Phi) is 6.90. The van der Waals surface area contributed by atoms with Gasteiger partial charge in [-0.25, -0.2) is 4.68 Å². The number of anilines is 1. The maximum absolute atomic E-state index is 13.3. The fourth-order valence-corrected chi connectivity index (χ4v) is 5.00. The highest BCUT2D eigenvalue weighted by molar-refractivity contribution is 8.00. The minimum Gasteiger partial charge on any atom is -0.336 e. The van der Waals surface area contributed by atoms with Crippen molar-refractivity contribution in [3.8, 4) is 0 Å². The van der Waals surface area contributed by atoms with Crippen LogP contribution in [0, 0.1) is 0 Å². The number of Topliss-reactive ketones (excluding diaryl/α,β-unsaturated/α-hetero) is 1. The molecule has 0 unspecified atom stereocenters. The number of thioether (sulfide) groups is 1. The van der Waals surface area contributed by atoms with Crippen LogP contribution >= 0.6 is 11.8 Å². The number of ketones is 1. The minimum absolute atomic E-state index is 0.0541. The van der Waals surface area contributed by atoms with Crippen LogP contribution < -0.4 is 11.2 Å². The van der Waals surface area contributed by atoms with Crippen LogP contribution in [0.15, 0.2) is 59.8 Å². The molecule has 1 fully saturated rings. The van der Waals surface area contributed by atoms with Crippen LogP contribution in [0.3, 0.4) is 0 Å². The Morgan fingerprint density at radius 1 is 1.06 bits per heavy atom. The van der Waals surface area contributed by atoms with Gasteiger partial charge in [0, 0.05) is 17.2 Å². The third kappa shape index (κ3) is 5.02. The number of nitrogens with zero attached hydrogens (tertiary/aromatic N) is 3. The molecule has 0 aliphatic heterocycles. The molecule has 3 N–H and O–H groups in total. The molecule has 8 heteroatoms. The molecule has 1 aliphatic carbocycles. The molecule has 0 radical (unpaired) electrons. The number of hydrogen-bond acceptors (Lipinski definition) is 6. The van der Waals surface area contributed by atoms with E-state index in [9.17, 15) is 9.59 Å². The first-order valence-electron chi connectivity index (χ1n) is 10.9. The van der Waals surface area contributed by atoms with Crippen LogP contribution in [0.4, 0.5) is 5.69 Å². The number of benzene rings is 2. The topological polar surface area (TPSA) is 103 Å². The highest BCUT2D eigenvalue weighted by Gasteiger charge is 2.28. The minimum atomic E-state index is -0.581. The van der Waals surface area contributed by atoms with E-state index in [1.807, 2.05) is 30.3 Å². The molecule has 0 bridgehead atoms. The Labute approximate surface area is 191 Å². The van der Waals surface area contributed by atoms with E-state index in [1.54, 1.807) is 28.9 Å². The first-order valence-corrected chi connectivity index (χ1v) is 11.7. The van der Waals surface area contributed by atoms with Crippen molar-refractivity contribution in [2.24, 2.45) is 0 Å². The quantitative estimate of drug-likeness (QED) is 0.307. The molecule has 4 rings (SSSR count). The average molecular weight is 450 g/mol. The molecule has 7 nitrogen and oxygen atoms in total. The van der Waals surface area contributed by atoms with Crippen molar-refractivity contribution in [3.63, 3.8) is 0 Å². The lowest BCUT2D eigenvalue weighted by atomic mass is 9.89. The van der Waals surface area contributed by atoms with E-state index < -0.39 is 5.25 Å². The lowest BCUT2D eigenvalue weighted by Crippen LogP contribution is -2.22. The summed E-state index contributed by atoms with van der Waals surface area (Å²) in [6.45, 7) is 1.50. The predicted octanol–water partition coefficient (Wildman–Crippen LogP) is 4.71. The highest BCUT2D eigenvalue weighted by Crippen LogP contribution is 2.37. The van der Waals surface area contributed by atoms with Gasteiger partial charge in [0.15, 0.2) is 11.6 Å². The van der Waals surface area contributed by atoms with E-state index in [0.717, 1.165) is 24.2 Å². The molecule has 1 aromatic heterocycles. The summed E-state index contributed by atoms with van der Waals surface area (Å²) in [4.78, 5) is 25.0. The molecule has 1 saturated carbocycles. The molecule has 0 spiro atoms. The maximum atomic E-state index is 13.3. The van der Waals surface area contributed by atoms with Gasteiger partial charge in [-0.2, -0.15) is 0 Å². The lowest BCUT2D eigenvalue weighted by Gasteiger charge is -2.20. The number of amides is 1. The lowest BCUT2D eigenvalue weighted by molar-refractivity contribution is -0.115. The number of carbonyl (C=O) groups excluding carboxylic acids is 2. The van der Waals surface area contributed by atoms with Gasteiger partial charge < -0.3 is 11.2 Å². The molecular formula is C24H27N5O2S. The highest BCUT2D eigenvalue weighted by atomic mass is 32.2. The Bertz CT molecular complexity index is 1090. The maximum Gasteiger partial charge on any atom is 0.242 e. The third-order valence-corrected chi connectivity index (χ3v) is 6.97.